The van der Waals surface area contributed by atoms with Gasteiger partial charge in [-0.3, -0.25) is 0 Å². The highest BCUT2D eigenvalue weighted by atomic mass is 14.7. The topological polar surface area (TPSA) is 78.1 Å². The predicted octanol–water partition coefficient (Wildman–Crippen LogP) is -0.723. The molecule has 2 atom stereocenters. The van der Waals surface area contributed by atoms with Crippen LogP contribution in [0.1, 0.15) is 12.8 Å². The molecule has 3 heteroatoms. The lowest BCUT2D eigenvalue weighted by Gasteiger charge is -2.20. The van der Waals surface area contributed by atoms with Gasteiger partial charge in [0.15, 0.2) is 0 Å². The van der Waals surface area contributed by atoms with E-state index in [4.69, 9.17) is 17.2 Å². The van der Waals surface area contributed by atoms with Gasteiger partial charge in [-0.2, -0.15) is 0 Å². The van der Waals surface area contributed by atoms with Gasteiger partial charge in [0.1, 0.15) is 0 Å². The molecule has 0 heterocycles. The van der Waals surface area contributed by atoms with Crippen LogP contribution in [0.4, 0.5) is 0 Å². The SMILES string of the molecule is NC1=C[C@@H](N)C[C@@H](N)C1. The lowest BCUT2D eigenvalue weighted by Crippen LogP contribution is -2.35. The maximum Gasteiger partial charge on any atom is 0.0258 e. The van der Waals surface area contributed by atoms with E-state index in [1.165, 1.54) is 0 Å². The number of hydrogen-bond acceptors (Lipinski definition) is 3. The second-order valence-electron chi connectivity index (χ2n) is 2.61. The van der Waals surface area contributed by atoms with Crippen molar-refractivity contribution < 1.29 is 0 Å². The van der Waals surface area contributed by atoms with E-state index in [9.17, 15) is 0 Å². The summed E-state index contributed by atoms with van der Waals surface area (Å²) in [6.07, 6.45) is 3.54. The Morgan fingerprint density at radius 2 is 2.11 bits per heavy atom. The van der Waals surface area contributed by atoms with Gasteiger partial charge in [-0.1, -0.05) is 0 Å². The minimum Gasteiger partial charge on any atom is -0.402 e. The molecule has 0 radical (unpaired) electrons. The van der Waals surface area contributed by atoms with E-state index >= 15 is 0 Å². The summed E-state index contributed by atoms with van der Waals surface area (Å²) in [7, 11) is 0. The van der Waals surface area contributed by atoms with Crippen molar-refractivity contribution in [3.8, 4) is 0 Å². The van der Waals surface area contributed by atoms with E-state index in [1.807, 2.05) is 6.08 Å². The third-order valence-electron chi connectivity index (χ3n) is 1.50. The van der Waals surface area contributed by atoms with E-state index in [0.717, 1.165) is 18.5 Å². The van der Waals surface area contributed by atoms with Crippen LogP contribution in [0.5, 0.6) is 0 Å². The smallest absolute Gasteiger partial charge is 0.0258 e. The monoisotopic (exact) mass is 127 g/mol. The highest BCUT2D eigenvalue weighted by Gasteiger charge is 2.13. The van der Waals surface area contributed by atoms with Crippen molar-refractivity contribution >= 4 is 0 Å². The van der Waals surface area contributed by atoms with Crippen molar-refractivity contribution in [2.45, 2.75) is 24.9 Å². The molecular weight excluding hydrogens is 114 g/mol. The third kappa shape index (κ3) is 1.69. The van der Waals surface area contributed by atoms with Gasteiger partial charge in [0.25, 0.3) is 0 Å². The van der Waals surface area contributed by atoms with E-state index in [2.05, 4.69) is 0 Å². The van der Waals surface area contributed by atoms with Gasteiger partial charge in [0.05, 0.1) is 0 Å². The molecule has 3 nitrogen and oxygen atoms in total. The predicted molar refractivity (Wildman–Crippen MR) is 37.5 cm³/mol. The Bertz CT molecular complexity index is 130. The maximum absolute atomic E-state index is 5.61. The molecule has 1 rings (SSSR count). The third-order valence-corrected chi connectivity index (χ3v) is 1.50. The summed E-state index contributed by atoms with van der Waals surface area (Å²) in [6, 6.07) is 0.249. The van der Waals surface area contributed by atoms with Crippen LogP contribution in [0.15, 0.2) is 11.8 Å². The molecule has 9 heavy (non-hydrogen) atoms. The average Bonchev–Trinajstić information content (AvgIpc) is 1.59. The van der Waals surface area contributed by atoms with Gasteiger partial charge in [-0.25, -0.2) is 0 Å². The fourth-order valence-corrected chi connectivity index (χ4v) is 1.15. The van der Waals surface area contributed by atoms with Crippen LogP contribution in [-0.4, -0.2) is 12.1 Å². The van der Waals surface area contributed by atoms with E-state index in [0.29, 0.717) is 0 Å². The van der Waals surface area contributed by atoms with Crippen molar-refractivity contribution in [2.24, 2.45) is 17.2 Å². The fraction of sp³-hybridized carbons (Fsp3) is 0.667. The molecule has 0 aromatic heterocycles. The standard InChI is InChI=1S/C6H13N3/c7-4-1-5(8)3-6(9)2-4/h1,4,6H,2-3,7-9H2/t4-,6-/m1/s1. The molecule has 0 aromatic carbocycles. The maximum atomic E-state index is 5.61. The van der Waals surface area contributed by atoms with Crippen LogP contribution in [0, 0.1) is 0 Å². The van der Waals surface area contributed by atoms with Crippen LogP contribution in [0.25, 0.3) is 0 Å². The first kappa shape index (κ1) is 6.58. The van der Waals surface area contributed by atoms with Crippen molar-refractivity contribution in [1.82, 2.24) is 0 Å². The zero-order valence-electron chi connectivity index (χ0n) is 5.38. The Hall–Kier alpha value is -0.540. The summed E-state index contributed by atoms with van der Waals surface area (Å²) in [5, 5.41) is 0. The van der Waals surface area contributed by atoms with E-state index < -0.39 is 0 Å². The van der Waals surface area contributed by atoms with Crippen molar-refractivity contribution in [1.29, 1.82) is 0 Å². The largest absolute Gasteiger partial charge is 0.402 e. The van der Waals surface area contributed by atoms with Gasteiger partial charge in [0.2, 0.25) is 0 Å². The van der Waals surface area contributed by atoms with Crippen LogP contribution < -0.4 is 17.2 Å². The molecule has 0 saturated heterocycles. The fourth-order valence-electron chi connectivity index (χ4n) is 1.15. The van der Waals surface area contributed by atoms with Gasteiger partial charge in [0, 0.05) is 24.2 Å². The summed E-state index contributed by atoms with van der Waals surface area (Å²) >= 11 is 0. The molecule has 1 aliphatic rings. The lowest BCUT2D eigenvalue weighted by molar-refractivity contribution is 0.536. The van der Waals surface area contributed by atoms with Gasteiger partial charge < -0.3 is 17.2 Å². The van der Waals surface area contributed by atoms with Crippen LogP contribution in [0.3, 0.4) is 0 Å². The molecular formula is C6H13N3. The first-order valence-corrected chi connectivity index (χ1v) is 3.16. The molecule has 0 aliphatic heterocycles. The highest BCUT2D eigenvalue weighted by molar-refractivity contribution is 5.09. The molecule has 52 valence electrons. The minimum absolute atomic E-state index is 0.0775. The van der Waals surface area contributed by atoms with Crippen LogP contribution in [-0.2, 0) is 0 Å². The summed E-state index contributed by atoms with van der Waals surface area (Å²) in [4.78, 5) is 0. The summed E-state index contributed by atoms with van der Waals surface area (Å²) in [5.41, 5.74) is 17.5. The Morgan fingerprint density at radius 1 is 1.44 bits per heavy atom. The Balaban J connectivity index is 2.56. The molecule has 0 fully saturated rings. The summed E-state index contributed by atoms with van der Waals surface area (Å²) < 4.78 is 0. The Labute approximate surface area is 54.9 Å². The molecule has 0 spiro atoms. The molecule has 0 aromatic rings. The Kier molecular flexibility index (Phi) is 1.73. The summed E-state index contributed by atoms with van der Waals surface area (Å²) in [6.45, 7) is 0. The zero-order chi connectivity index (χ0) is 6.85. The van der Waals surface area contributed by atoms with Crippen molar-refractivity contribution in [2.75, 3.05) is 0 Å². The minimum atomic E-state index is 0.0775. The lowest BCUT2D eigenvalue weighted by atomic mass is 9.97. The van der Waals surface area contributed by atoms with E-state index in [1.54, 1.807) is 0 Å². The summed E-state index contributed by atoms with van der Waals surface area (Å²) in [5.74, 6) is 0. The number of hydrogen-bond donors (Lipinski definition) is 3. The first-order chi connectivity index (χ1) is 4.18. The van der Waals surface area contributed by atoms with Crippen LogP contribution >= 0.6 is 0 Å². The normalized spacial score (nSPS) is 36.0. The molecule has 0 bridgehead atoms. The average molecular weight is 127 g/mol. The van der Waals surface area contributed by atoms with Crippen LogP contribution in [0.2, 0.25) is 0 Å². The zero-order valence-corrected chi connectivity index (χ0v) is 5.38. The highest BCUT2D eigenvalue weighted by Crippen LogP contribution is 2.10. The first-order valence-electron chi connectivity index (χ1n) is 3.16. The van der Waals surface area contributed by atoms with E-state index in [-0.39, 0.29) is 12.1 Å². The van der Waals surface area contributed by atoms with Gasteiger partial charge in [-0.15, -0.1) is 0 Å². The molecule has 1 aliphatic carbocycles. The van der Waals surface area contributed by atoms with Crippen molar-refractivity contribution in [3.63, 3.8) is 0 Å². The molecule has 0 unspecified atom stereocenters. The quantitative estimate of drug-likeness (QED) is 0.401. The number of rotatable bonds is 0. The van der Waals surface area contributed by atoms with Gasteiger partial charge >= 0.3 is 0 Å². The molecule has 6 N–H and O–H groups in total. The molecule has 0 amide bonds. The second kappa shape index (κ2) is 2.37. The van der Waals surface area contributed by atoms with Crippen molar-refractivity contribution in [3.05, 3.63) is 11.8 Å². The second-order valence-corrected chi connectivity index (χ2v) is 2.61. The van der Waals surface area contributed by atoms with Gasteiger partial charge in [-0.05, 0) is 12.5 Å². The number of nitrogens with two attached hydrogens (primary N) is 3. The Morgan fingerprint density at radius 3 is 2.56 bits per heavy atom. The molecule has 0 saturated carbocycles.